The fourth-order valence-corrected chi connectivity index (χ4v) is 2.74. The van der Waals surface area contributed by atoms with Crippen LogP contribution >= 0.6 is 22.9 Å². The number of nitrogens with one attached hydrogen (secondary N) is 1. The molecule has 2 aromatic heterocycles. The summed E-state index contributed by atoms with van der Waals surface area (Å²) >= 11 is 7.25. The van der Waals surface area contributed by atoms with E-state index in [-0.39, 0.29) is 18.2 Å². The van der Waals surface area contributed by atoms with Gasteiger partial charge in [-0.05, 0) is 31.0 Å². The zero-order valence-corrected chi connectivity index (χ0v) is 11.6. The number of hydrogen-bond donors (Lipinski definition) is 1. The van der Waals surface area contributed by atoms with Crippen molar-refractivity contribution in [1.82, 2.24) is 9.97 Å². The Kier molecular flexibility index (Phi) is 4.15. The van der Waals surface area contributed by atoms with Crippen LogP contribution in [0.1, 0.15) is 17.7 Å². The molecule has 0 radical (unpaired) electrons. The average molecular weight is 310 g/mol. The Morgan fingerprint density at radius 1 is 1.37 bits per heavy atom. The lowest BCUT2D eigenvalue weighted by atomic mass is 10.3. The molecule has 0 aliphatic heterocycles. The van der Waals surface area contributed by atoms with E-state index in [0.717, 1.165) is 15.1 Å². The molecule has 0 saturated heterocycles. The largest absolute Gasteiger partial charge is 0.389 e. The van der Waals surface area contributed by atoms with E-state index < -0.39 is 12.6 Å². The van der Waals surface area contributed by atoms with Crippen LogP contribution in [0.25, 0.3) is 10.2 Å². The summed E-state index contributed by atoms with van der Waals surface area (Å²) in [5.41, 5.74) is 0. The SMILES string of the molecule is Cc1cc2c(NCCCC(F)(F)F)nc(Cl)nc2s1. The van der Waals surface area contributed by atoms with Crippen LogP contribution in [0, 0.1) is 6.92 Å². The molecule has 2 heterocycles. The molecule has 0 spiro atoms. The van der Waals surface area contributed by atoms with Gasteiger partial charge in [-0.1, -0.05) is 0 Å². The molecule has 8 heteroatoms. The van der Waals surface area contributed by atoms with Crippen LogP contribution in [0.4, 0.5) is 19.0 Å². The highest BCUT2D eigenvalue weighted by molar-refractivity contribution is 7.18. The monoisotopic (exact) mass is 309 g/mol. The molecular formula is C11H11ClF3N3S. The lowest BCUT2D eigenvalue weighted by Gasteiger charge is -2.08. The average Bonchev–Trinajstić information content (AvgIpc) is 2.63. The highest BCUT2D eigenvalue weighted by Gasteiger charge is 2.25. The Labute approximate surface area is 116 Å². The second kappa shape index (κ2) is 5.50. The van der Waals surface area contributed by atoms with Crippen LogP contribution in [-0.4, -0.2) is 22.7 Å². The quantitative estimate of drug-likeness (QED) is 0.671. The molecule has 0 aliphatic carbocycles. The number of alkyl halides is 3. The standard InChI is InChI=1S/C11H11ClF3N3S/c1-6-5-7-8(16-4-2-3-11(13,14)15)17-10(12)18-9(7)19-6/h5H,2-4H2,1H3,(H,16,17,18). The fraction of sp³-hybridized carbons (Fsp3) is 0.455. The second-order valence-electron chi connectivity index (χ2n) is 4.06. The van der Waals surface area contributed by atoms with Crippen molar-refractivity contribution in [3.05, 3.63) is 16.2 Å². The molecule has 2 aromatic rings. The van der Waals surface area contributed by atoms with Crippen molar-refractivity contribution in [2.45, 2.75) is 25.9 Å². The zero-order chi connectivity index (χ0) is 14.0. The summed E-state index contributed by atoms with van der Waals surface area (Å²) in [7, 11) is 0. The maximum absolute atomic E-state index is 12.0. The van der Waals surface area contributed by atoms with Gasteiger partial charge in [0.15, 0.2) is 0 Å². The predicted octanol–water partition coefficient (Wildman–Crippen LogP) is 4.41. The summed E-state index contributed by atoms with van der Waals surface area (Å²) in [6.07, 6.45) is -4.94. The van der Waals surface area contributed by atoms with Crippen LogP contribution in [0.2, 0.25) is 5.28 Å². The van der Waals surface area contributed by atoms with Crippen molar-refractivity contribution in [2.24, 2.45) is 0 Å². The van der Waals surface area contributed by atoms with Gasteiger partial charge in [-0.25, -0.2) is 9.97 Å². The van der Waals surface area contributed by atoms with Crippen molar-refractivity contribution in [3.8, 4) is 0 Å². The first-order chi connectivity index (χ1) is 8.85. The van der Waals surface area contributed by atoms with Gasteiger partial charge in [0.1, 0.15) is 10.6 Å². The molecule has 3 nitrogen and oxygen atoms in total. The van der Waals surface area contributed by atoms with E-state index in [9.17, 15) is 13.2 Å². The number of thiophene rings is 1. The summed E-state index contributed by atoms with van der Waals surface area (Å²) in [6.45, 7) is 2.12. The Bertz CT molecular complexity index is 582. The van der Waals surface area contributed by atoms with Gasteiger partial charge in [0.05, 0.1) is 5.39 Å². The number of anilines is 1. The minimum Gasteiger partial charge on any atom is -0.369 e. The summed E-state index contributed by atoms with van der Waals surface area (Å²) in [6, 6.07) is 1.89. The Balaban J connectivity index is 2.07. The summed E-state index contributed by atoms with van der Waals surface area (Å²) < 4.78 is 36.1. The van der Waals surface area contributed by atoms with Gasteiger partial charge >= 0.3 is 6.18 Å². The van der Waals surface area contributed by atoms with Gasteiger partial charge in [-0.15, -0.1) is 11.3 Å². The highest BCUT2D eigenvalue weighted by Crippen LogP contribution is 2.29. The van der Waals surface area contributed by atoms with Crippen LogP contribution in [0.5, 0.6) is 0 Å². The number of fused-ring (bicyclic) bond motifs is 1. The van der Waals surface area contributed by atoms with Gasteiger partial charge in [0, 0.05) is 17.8 Å². The molecule has 0 fully saturated rings. The zero-order valence-electron chi connectivity index (χ0n) is 10.0. The van der Waals surface area contributed by atoms with Crippen molar-refractivity contribution in [3.63, 3.8) is 0 Å². The lowest BCUT2D eigenvalue weighted by Crippen LogP contribution is -2.11. The maximum Gasteiger partial charge on any atom is 0.389 e. The van der Waals surface area contributed by atoms with Gasteiger partial charge in [-0.2, -0.15) is 13.2 Å². The van der Waals surface area contributed by atoms with Gasteiger partial charge < -0.3 is 5.32 Å². The third-order valence-electron chi connectivity index (χ3n) is 2.42. The number of halogens is 4. The molecule has 0 aliphatic rings. The van der Waals surface area contributed by atoms with Crippen molar-refractivity contribution >= 4 is 39.0 Å². The second-order valence-corrected chi connectivity index (χ2v) is 5.64. The van der Waals surface area contributed by atoms with Crippen LogP contribution < -0.4 is 5.32 Å². The van der Waals surface area contributed by atoms with Gasteiger partial charge in [0.25, 0.3) is 0 Å². The summed E-state index contributed by atoms with van der Waals surface area (Å²) in [5, 5.41) is 3.77. The maximum atomic E-state index is 12.0. The first-order valence-electron chi connectivity index (χ1n) is 5.59. The molecule has 104 valence electrons. The Hall–Kier alpha value is -1.08. The van der Waals surface area contributed by atoms with Crippen molar-refractivity contribution in [1.29, 1.82) is 0 Å². The minimum absolute atomic E-state index is 0.00423. The van der Waals surface area contributed by atoms with E-state index in [1.807, 2.05) is 13.0 Å². The Morgan fingerprint density at radius 2 is 2.11 bits per heavy atom. The van der Waals surface area contributed by atoms with E-state index in [0.29, 0.717) is 5.82 Å². The van der Waals surface area contributed by atoms with Crippen LogP contribution in [-0.2, 0) is 0 Å². The Morgan fingerprint density at radius 3 is 2.79 bits per heavy atom. The van der Waals surface area contributed by atoms with Crippen molar-refractivity contribution < 1.29 is 13.2 Å². The minimum atomic E-state index is -4.13. The van der Waals surface area contributed by atoms with Crippen LogP contribution in [0.3, 0.4) is 0 Å². The lowest BCUT2D eigenvalue weighted by molar-refractivity contribution is -0.134. The third-order valence-corrected chi connectivity index (χ3v) is 3.53. The smallest absolute Gasteiger partial charge is 0.369 e. The molecule has 1 N–H and O–H groups in total. The predicted molar refractivity (Wildman–Crippen MR) is 70.9 cm³/mol. The molecule has 0 bridgehead atoms. The third kappa shape index (κ3) is 3.94. The van der Waals surface area contributed by atoms with Crippen molar-refractivity contribution in [2.75, 3.05) is 11.9 Å². The van der Waals surface area contributed by atoms with E-state index in [2.05, 4.69) is 15.3 Å². The number of aryl methyl sites for hydroxylation is 1. The molecule has 0 unspecified atom stereocenters. The van der Waals surface area contributed by atoms with E-state index in [1.54, 1.807) is 0 Å². The number of nitrogens with zero attached hydrogens (tertiary/aromatic N) is 2. The molecule has 0 aromatic carbocycles. The normalized spacial score (nSPS) is 12.1. The van der Waals surface area contributed by atoms with E-state index in [1.165, 1.54) is 11.3 Å². The van der Waals surface area contributed by atoms with Gasteiger partial charge in [0.2, 0.25) is 5.28 Å². The summed E-state index contributed by atoms with van der Waals surface area (Å²) in [4.78, 5) is 9.87. The topological polar surface area (TPSA) is 37.8 Å². The molecule has 2 rings (SSSR count). The van der Waals surface area contributed by atoms with Crippen LogP contribution in [0.15, 0.2) is 6.07 Å². The first-order valence-corrected chi connectivity index (χ1v) is 6.79. The number of aromatic nitrogens is 2. The molecular weight excluding hydrogens is 299 g/mol. The van der Waals surface area contributed by atoms with Gasteiger partial charge in [-0.3, -0.25) is 0 Å². The van der Waals surface area contributed by atoms with E-state index >= 15 is 0 Å². The molecule has 0 saturated carbocycles. The first kappa shape index (κ1) is 14.3. The molecule has 0 amide bonds. The number of hydrogen-bond acceptors (Lipinski definition) is 4. The molecule has 19 heavy (non-hydrogen) atoms. The highest BCUT2D eigenvalue weighted by atomic mass is 35.5. The summed E-state index contributed by atoms with van der Waals surface area (Å²) in [5.74, 6) is 0.488. The molecule has 0 atom stereocenters. The fourth-order valence-electron chi connectivity index (χ4n) is 1.65. The van der Waals surface area contributed by atoms with E-state index in [4.69, 9.17) is 11.6 Å². The number of rotatable bonds is 4.